The van der Waals surface area contributed by atoms with Gasteiger partial charge in [0.05, 0.1) is 23.4 Å². The van der Waals surface area contributed by atoms with Crippen LogP contribution in [0.5, 0.6) is 0 Å². The van der Waals surface area contributed by atoms with E-state index in [4.69, 9.17) is 14.7 Å². The predicted octanol–water partition coefficient (Wildman–Crippen LogP) is 3.39. The van der Waals surface area contributed by atoms with Gasteiger partial charge in [-0.05, 0) is 24.6 Å². The summed E-state index contributed by atoms with van der Waals surface area (Å²) in [5, 5.41) is 4.18. The van der Waals surface area contributed by atoms with Gasteiger partial charge in [-0.15, -0.1) is 11.3 Å². The summed E-state index contributed by atoms with van der Waals surface area (Å²) < 4.78 is 6.74. The minimum Gasteiger partial charge on any atom is -0.378 e. The molecule has 0 aliphatic carbocycles. The highest BCUT2D eigenvalue weighted by Crippen LogP contribution is 2.36. The van der Waals surface area contributed by atoms with Gasteiger partial charge in [0.1, 0.15) is 0 Å². The number of ether oxygens (including phenoxy) is 1. The van der Waals surface area contributed by atoms with Crippen molar-refractivity contribution in [3.8, 4) is 11.4 Å². The summed E-state index contributed by atoms with van der Waals surface area (Å²) in [6.07, 6.45) is 2.96. The normalized spacial score (nSPS) is 19.3. The third-order valence-corrected chi connectivity index (χ3v) is 7.72. The van der Waals surface area contributed by atoms with Gasteiger partial charge < -0.3 is 19.9 Å². The lowest BCUT2D eigenvalue weighted by Gasteiger charge is -2.28. The minimum atomic E-state index is 0.0455. The lowest BCUT2D eigenvalue weighted by Crippen LogP contribution is -2.36. The number of hydrogen-bond donors (Lipinski definition) is 2. The molecule has 2 saturated heterocycles. The van der Waals surface area contributed by atoms with Crippen LogP contribution in [0.25, 0.3) is 32.5 Å². The van der Waals surface area contributed by atoms with Crippen LogP contribution in [0.3, 0.4) is 0 Å². The molecule has 1 amide bonds. The monoisotopic (exact) mass is 476 g/mol. The SMILES string of the molecule is CC(=O)NC1CCN(Cc2cc3nc(-c4cccc5[nH]ccc45)nc(N4CCOCC4)c3s2)C1. The van der Waals surface area contributed by atoms with Crippen molar-refractivity contribution in [2.75, 3.05) is 44.3 Å². The fraction of sp³-hybridized carbons (Fsp3) is 0.400. The molecule has 1 atom stereocenters. The molecule has 6 rings (SSSR count). The molecule has 0 radical (unpaired) electrons. The van der Waals surface area contributed by atoms with Crippen LogP contribution in [0.1, 0.15) is 18.2 Å². The minimum absolute atomic E-state index is 0.0455. The fourth-order valence-corrected chi connectivity index (χ4v) is 6.19. The molecule has 34 heavy (non-hydrogen) atoms. The first-order chi connectivity index (χ1) is 16.6. The van der Waals surface area contributed by atoms with E-state index in [0.717, 1.165) is 77.5 Å². The molecule has 5 heterocycles. The van der Waals surface area contributed by atoms with Crippen LogP contribution in [0.4, 0.5) is 5.82 Å². The van der Waals surface area contributed by atoms with Crippen molar-refractivity contribution >= 4 is 44.2 Å². The molecule has 2 aliphatic rings. The number of hydrogen-bond acceptors (Lipinski definition) is 7. The summed E-state index contributed by atoms with van der Waals surface area (Å²) >= 11 is 1.79. The molecule has 0 spiro atoms. The highest BCUT2D eigenvalue weighted by molar-refractivity contribution is 7.19. The van der Waals surface area contributed by atoms with E-state index in [-0.39, 0.29) is 11.9 Å². The summed E-state index contributed by atoms with van der Waals surface area (Å²) in [6.45, 7) is 7.41. The first-order valence-electron chi connectivity index (χ1n) is 11.8. The lowest BCUT2D eigenvalue weighted by molar-refractivity contribution is -0.119. The molecular formula is C25H28N6O2S. The van der Waals surface area contributed by atoms with E-state index in [2.05, 4.69) is 44.4 Å². The number of morpholine rings is 1. The van der Waals surface area contributed by atoms with Crippen LogP contribution < -0.4 is 10.2 Å². The number of thiophene rings is 1. The van der Waals surface area contributed by atoms with Gasteiger partial charge in [0.15, 0.2) is 11.6 Å². The van der Waals surface area contributed by atoms with E-state index < -0.39 is 0 Å². The third kappa shape index (κ3) is 4.15. The average molecular weight is 477 g/mol. The van der Waals surface area contributed by atoms with Gasteiger partial charge in [-0.3, -0.25) is 9.69 Å². The Bertz CT molecular complexity index is 1340. The van der Waals surface area contributed by atoms with Gasteiger partial charge in [0, 0.05) is 73.2 Å². The standard InChI is InChI=1S/C25H28N6O2S/c1-16(32)27-17-6-8-30(14-17)15-18-13-22-23(34-18)25(31-9-11-33-12-10-31)29-24(28-22)20-3-2-4-21-19(20)5-7-26-21/h2-5,7,13,17,26H,6,8-12,14-15H2,1H3,(H,27,32). The molecular weight excluding hydrogens is 448 g/mol. The number of H-pyrrole nitrogens is 1. The Morgan fingerprint density at radius 2 is 2.12 bits per heavy atom. The number of likely N-dealkylation sites (tertiary alicyclic amines) is 1. The Morgan fingerprint density at radius 3 is 2.97 bits per heavy atom. The van der Waals surface area contributed by atoms with Crippen molar-refractivity contribution < 1.29 is 9.53 Å². The maximum Gasteiger partial charge on any atom is 0.217 e. The molecule has 9 heteroatoms. The van der Waals surface area contributed by atoms with E-state index in [0.29, 0.717) is 13.2 Å². The Balaban J connectivity index is 1.37. The predicted molar refractivity (Wildman–Crippen MR) is 135 cm³/mol. The molecule has 4 aromatic rings. The van der Waals surface area contributed by atoms with E-state index in [9.17, 15) is 4.79 Å². The number of nitrogens with zero attached hydrogens (tertiary/aromatic N) is 4. The molecule has 0 saturated carbocycles. The van der Waals surface area contributed by atoms with Crippen molar-refractivity contribution in [3.05, 3.63) is 41.4 Å². The molecule has 176 valence electrons. The summed E-state index contributed by atoms with van der Waals surface area (Å²) in [4.78, 5) is 30.9. The van der Waals surface area contributed by atoms with Crippen LogP contribution in [0.15, 0.2) is 36.5 Å². The van der Waals surface area contributed by atoms with Crippen molar-refractivity contribution in [2.45, 2.75) is 25.9 Å². The zero-order chi connectivity index (χ0) is 23.1. The van der Waals surface area contributed by atoms with E-state index in [1.807, 2.05) is 12.3 Å². The van der Waals surface area contributed by atoms with Crippen molar-refractivity contribution in [2.24, 2.45) is 0 Å². The topological polar surface area (TPSA) is 86.4 Å². The summed E-state index contributed by atoms with van der Waals surface area (Å²) in [6, 6.07) is 10.8. The molecule has 8 nitrogen and oxygen atoms in total. The van der Waals surface area contributed by atoms with Crippen LogP contribution >= 0.6 is 11.3 Å². The second-order valence-electron chi connectivity index (χ2n) is 9.06. The molecule has 0 bridgehead atoms. The van der Waals surface area contributed by atoms with Crippen molar-refractivity contribution in [3.63, 3.8) is 0 Å². The van der Waals surface area contributed by atoms with E-state index in [1.165, 1.54) is 4.88 Å². The molecule has 2 N–H and O–H groups in total. The van der Waals surface area contributed by atoms with Crippen molar-refractivity contribution in [1.82, 2.24) is 25.2 Å². The quantitative estimate of drug-likeness (QED) is 0.459. The second-order valence-corrected chi connectivity index (χ2v) is 10.2. The number of anilines is 1. The van der Waals surface area contributed by atoms with E-state index >= 15 is 0 Å². The lowest BCUT2D eigenvalue weighted by atomic mass is 10.1. The zero-order valence-electron chi connectivity index (χ0n) is 19.2. The van der Waals surface area contributed by atoms with Gasteiger partial charge in [-0.2, -0.15) is 0 Å². The van der Waals surface area contributed by atoms with Crippen LogP contribution in [-0.2, 0) is 16.1 Å². The summed E-state index contributed by atoms with van der Waals surface area (Å²) in [5.74, 6) is 1.81. The van der Waals surface area contributed by atoms with Crippen molar-refractivity contribution in [1.29, 1.82) is 0 Å². The maximum atomic E-state index is 11.4. The van der Waals surface area contributed by atoms with Gasteiger partial charge in [-0.1, -0.05) is 12.1 Å². The zero-order valence-corrected chi connectivity index (χ0v) is 20.0. The number of aromatic nitrogens is 3. The fourth-order valence-electron chi connectivity index (χ4n) is 5.03. The summed E-state index contributed by atoms with van der Waals surface area (Å²) in [5.41, 5.74) is 3.13. The second kappa shape index (κ2) is 8.98. The molecule has 2 aliphatic heterocycles. The van der Waals surface area contributed by atoms with Crippen LogP contribution in [0.2, 0.25) is 0 Å². The largest absolute Gasteiger partial charge is 0.378 e. The van der Waals surface area contributed by atoms with Crippen LogP contribution in [-0.4, -0.2) is 71.2 Å². The highest BCUT2D eigenvalue weighted by Gasteiger charge is 2.25. The number of nitrogens with one attached hydrogen (secondary N) is 2. The van der Waals surface area contributed by atoms with Gasteiger partial charge in [0.2, 0.25) is 5.91 Å². The Labute approximate surface area is 201 Å². The molecule has 1 unspecified atom stereocenters. The number of aromatic amines is 1. The highest BCUT2D eigenvalue weighted by atomic mass is 32.1. The molecule has 3 aromatic heterocycles. The van der Waals surface area contributed by atoms with Gasteiger partial charge in [0.25, 0.3) is 0 Å². The number of fused-ring (bicyclic) bond motifs is 2. The van der Waals surface area contributed by atoms with E-state index in [1.54, 1.807) is 18.3 Å². The average Bonchev–Trinajstić information content (AvgIpc) is 3.58. The number of rotatable bonds is 5. The van der Waals surface area contributed by atoms with Gasteiger partial charge in [-0.25, -0.2) is 9.97 Å². The Hall–Kier alpha value is -3.01. The smallest absolute Gasteiger partial charge is 0.217 e. The molecule has 1 aromatic carbocycles. The first-order valence-corrected chi connectivity index (χ1v) is 12.6. The molecule has 2 fully saturated rings. The first kappa shape index (κ1) is 21.5. The number of benzene rings is 1. The number of carbonyl (C=O) groups is 1. The third-order valence-electron chi connectivity index (χ3n) is 6.61. The Kier molecular flexibility index (Phi) is 5.68. The number of amides is 1. The van der Waals surface area contributed by atoms with Gasteiger partial charge >= 0.3 is 0 Å². The number of carbonyl (C=O) groups excluding carboxylic acids is 1. The maximum absolute atomic E-state index is 11.4. The summed E-state index contributed by atoms with van der Waals surface area (Å²) in [7, 11) is 0. The van der Waals surface area contributed by atoms with Crippen LogP contribution in [0, 0.1) is 0 Å². The Morgan fingerprint density at radius 1 is 1.24 bits per heavy atom.